The molecule has 1 heterocycles. The van der Waals surface area contributed by atoms with E-state index in [-0.39, 0.29) is 41.6 Å². The molecule has 5 heteroatoms. The van der Waals surface area contributed by atoms with E-state index in [1.54, 1.807) is 6.92 Å². The molecule has 0 saturated carbocycles. The van der Waals surface area contributed by atoms with Gasteiger partial charge in [0, 0.05) is 26.3 Å². The van der Waals surface area contributed by atoms with Crippen LogP contribution in [0.3, 0.4) is 0 Å². The Balaban J connectivity index is 2.04. The van der Waals surface area contributed by atoms with Gasteiger partial charge in [-0.1, -0.05) is 51.1 Å². The van der Waals surface area contributed by atoms with Crippen LogP contribution in [-0.2, 0) is 25.5 Å². The normalized spacial score (nSPS) is 23.7. The first-order chi connectivity index (χ1) is 13.1. The van der Waals surface area contributed by atoms with Gasteiger partial charge in [-0.3, -0.25) is 9.59 Å². The molecule has 1 aliphatic heterocycles. The lowest BCUT2D eigenvalue weighted by Crippen LogP contribution is -2.49. The third kappa shape index (κ3) is 7.63. The van der Waals surface area contributed by atoms with Crippen LogP contribution in [-0.4, -0.2) is 36.2 Å². The molecule has 1 N–H and O–H groups in total. The van der Waals surface area contributed by atoms with Crippen LogP contribution in [0.2, 0.25) is 0 Å². The van der Waals surface area contributed by atoms with Crippen LogP contribution in [0, 0.1) is 5.41 Å². The molecule has 1 aromatic carbocycles. The molecule has 5 nitrogen and oxygen atoms in total. The Bertz CT molecular complexity index is 638. The summed E-state index contributed by atoms with van der Waals surface area (Å²) in [5, 5.41) is 3.06. The van der Waals surface area contributed by atoms with Gasteiger partial charge in [-0.25, -0.2) is 0 Å². The van der Waals surface area contributed by atoms with E-state index >= 15 is 0 Å². The van der Waals surface area contributed by atoms with Gasteiger partial charge in [0.1, 0.15) is 6.10 Å². The third-order valence-corrected chi connectivity index (χ3v) is 5.23. The lowest BCUT2D eigenvalue weighted by Gasteiger charge is -2.42. The van der Waals surface area contributed by atoms with Gasteiger partial charge in [0.25, 0.3) is 0 Å². The number of aryl methyl sites for hydroxylation is 1. The van der Waals surface area contributed by atoms with Gasteiger partial charge in [-0.2, -0.15) is 0 Å². The fourth-order valence-corrected chi connectivity index (χ4v) is 3.86. The van der Waals surface area contributed by atoms with Crippen LogP contribution in [0.4, 0.5) is 0 Å². The summed E-state index contributed by atoms with van der Waals surface area (Å²) in [5.74, 6) is -0.279. The van der Waals surface area contributed by atoms with E-state index in [4.69, 9.17) is 9.47 Å². The first-order valence-electron chi connectivity index (χ1n) is 10.3. The van der Waals surface area contributed by atoms with Crippen molar-refractivity contribution in [3.05, 3.63) is 35.9 Å². The summed E-state index contributed by atoms with van der Waals surface area (Å²) in [5.41, 5.74) is 1.21. The highest BCUT2D eigenvalue weighted by Gasteiger charge is 2.37. The summed E-state index contributed by atoms with van der Waals surface area (Å²) in [6.45, 7) is 9.48. The molecule has 1 aliphatic rings. The maximum absolute atomic E-state index is 11.6. The maximum atomic E-state index is 11.6. The number of hydrogen-bond acceptors (Lipinski definition) is 4. The minimum Gasteiger partial charge on any atom is -0.462 e. The van der Waals surface area contributed by atoms with Crippen LogP contribution in [0.15, 0.2) is 30.3 Å². The van der Waals surface area contributed by atoms with Crippen molar-refractivity contribution in [3.8, 4) is 0 Å². The zero-order valence-electron chi connectivity index (χ0n) is 17.9. The number of rotatable bonds is 7. The predicted molar refractivity (Wildman–Crippen MR) is 110 cm³/mol. The molecular weight excluding hydrogens is 354 g/mol. The molecule has 0 unspecified atom stereocenters. The molecule has 1 aromatic rings. The Hall–Kier alpha value is -1.88. The van der Waals surface area contributed by atoms with Crippen molar-refractivity contribution in [1.29, 1.82) is 0 Å². The number of ether oxygens (including phenoxy) is 2. The SMILES string of the molecule is CC(=O)N[C@H]1C[C@@H](C[C@H](CCc2ccccc2)OC(C)=O)O[C@@H](C(C)(C)C)C1. The molecule has 0 bridgehead atoms. The van der Waals surface area contributed by atoms with Gasteiger partial charge in [0.2, 0.25) is 5.91 Å². The van der Waals surface area contributed by atoms with Gasteiger partial charge >= 0.3 is 5.97 Å². The van der Waals surface area contributed by atoms with E-state index < -0.39 is 0 Å². The number of carbonyl (C=O) groups excluding carboxylic acids is 2. The molecule has 156 valence electrons. The monoisotopic (exact) mass is 389 g/mol. The van der Waals surface area contributed by atoms with Crippen molar-refractivity contribution in [3.63, 3.8) is 0 Å². The number of amides is 1. The van der Waals surface area contributed by atoms with Crippen molar-refractivity contribution in [2.75, 3.05) is 0 Å². The Morgan fingerprint density at radius 3 is 2.43 bits per heavy atom. The summed E-state index contributed by atoms with van der Waals surface area (Å²) in [6.07, 6.45) is 3.62. The van der Waals surface area contributed by atoms with Gasteiger partial charge in [-0.15, -0.1) is 0 Å². The Morgan fingerprint density at radius 2 is 1.86 bits per heavy atom. The number of esters is 1. The fourth-order valence-electron chi connectivity index (χ4n) is 3.86. The Morgan fingerprint density at radius 1 is 1.18 bits per heavy atom. The summed E-state index contributed by atoms with van der Waals surface area (Å²) >= 11 is 0. The van der Waals surface area contributed by atoms with Crippen LogP contribution in [0.5, 0.6) is 0 Å². The molecule has 0 aliphatic carbocycles. The topological polar surface area (TPSA) is 64.6 Å². The summed E-state index contributed by atoms with van der Waals surface area (Å²) in [4.78, 5) is 23.2. The highest BCUT2D eigenvalue weighted by molar-refractivity contribution is 5.73. The predicted octanol–water partition coefficient (Wildman–Crippen LogP) is 4.04. The van der Waals surface area contributed by atoms with Crippen LogP contribution >= 0.6 is 0 Å². The lowest BCUT2D eigenvalue weighted by molar-refractivity contribution is -0.154. The molecule has 1 saturated heterocycles. The van der Waals surface area contributed by atoms with Crippen molar-refractivity contribution in [2.45, 2.75) is 91.1 Å². The van der Waals surface area contributed by atoms with Gasteiger partial charge in [-0.05, 0) is 36.7 Å². The largest absolute Gasteiger partial charge is 0.462 e. The number of nitrogens with one attached hydrogen (secondary N) is 1. The van der Waals surface area contributed by atoms with E-state index in [0.717, 1.165) is 25.7 Å². The molecule has 2 rings (SSSR count). The average Bonchev–Trinajstić information content (AvgIpc) is 2.58. The van der Waals surface area contributed by atoms with Crippen molar-refractivity contribution >= 4 is 11.9 Å². The second-order valence-corrected chi connectivity index (χ2v) is 8.97. The first-order valence-corrected chi connectivity index (χ1v) is 10.3. The van der Waals surface area contributed by atoms with Gasteiger partial charge in [0.05, 0.1) is 12.2 Å². The standard InChI is InChI=1S/C23H35NO4/c1-16(25)24-19-13-21(28-22(14-19)23(3,4)5)15-20(27-17(2)26)12-11-18-9-7-6-8-10-18/h6-10,19-22H,11-15H2,1-5H3,(H,24,25)/t19-,20-,21-,22+/m0/s1. The van der Waals surface area contributed by atoms with Crippen molar-refractivity contribution < 1.29 is 19.1 Å². The quantitative estimate of drug-likeness (QED) is 0.715. The van der Waals surface area contributed by atoms with E-state index in [0.29, 0.717) is 6.42 Å². The Labute approximate surface area is 169 Å². The second-order valence-electron chi connectivity index (χ2n) is 8.97. The molecule has 4 atom stereocenters. The number of hydrogen-bond donors (Lipinski definition) is 1. The molecule has 1 fully saturated rings. The first kappa shape index (κ1) is 22.4. The summed E-state index contributed by atoms with van der Waals surface area (Å²) in [6, 6.07) is 10.3. The number of carbonyl (C=O) groups is 2. The van der Waals surface area contributed by atoms with E-state index in [1.165, 1.54) is 12.5 Å². The van der Waals surface area contributed by atoms with Gasteiger partial charge < -0.3 is 14.8 Å². The average molecular weight is 390 g/mol. The third-order valence-electron chi connectivity index (χ3n) is 5.23. The lowest BCUT2D eigenvalue weighted by atomic mass is 9.81. The molecule has 0 aromatic heterocycles. The fraction of sp³-hybridized carbons (Fsp3) is 0.652. The molecular formula is C23H35NO4. The van der Waals surface area contributed by atoms with Crippen LogP contribution in [0.1, 0.15) is 65.9 Å². The number of benzene rings is 1. The highest BCUT2D eigenvalue weighted by atomic mass is 16.5. The minimum atomic E-state index is -0.264. The van der Waals surface area contributed by atoms with Crippen molar-refractivity contribution in [1.82, 2.24) is 5.32 Å². The highest BCUT2D eigenvalue weighted by Crippen LogP contribution is 2.34. The smallest absolute Gasteiger partial charge is 0.302 e. The molecule has 28 heavy (non-hydrogen) atoms. The zero-order valence-corrected chi connectivity index (χ0v) is 17.9. The zero-order chi connectivity index (χ0) is 20.7. The van der Waals surface area contributed by atoms with Crippen LogP contribution in [0.25, 0.3) is 0 Å². The van der Waals surface area contributed by atoms with E-state index in [9.17, 15) is 9.59 Å². The van der Waals surface area contributed by atoms with E-state index in [2.05, 4.69) is 38.2 Å². The minimum absolute atomic E-state index is 0.0149. The van der Waals surface area contributed by atoms with Gasteiger partial charge in [0.15, 0.2) is 0 Å². The summed E-state index contributed by atoms with van der Waals surface area (Å²) < 4.78 is 12.0. The molecule has 0 radical (unpaired) electrons. The summed E-state index contributed by atoms with van der Waals surface area (Å²) in [7, 11) is 0. The van der Waals surface area contributed by atoms with Crippen LogP contribution < -0.4 is 5.32 Å². The molecule has 0 spiro atoms. The maximum Gasteiger partial charge on any atom is 0.302 e. The molecule has 1 amide bonds. The van der Waals surface area contributed by atoms with E-state index in [1.807, 2.05) is 18.2 Å². The van der Waals surface area contributed by atoms with Crippen molar-refractivity contribution in [2.24, 2.45) is 5.41 Å². The second kappa shape index (κ2) is 10.1. The Kier molecular flexibility index (Phi) is 8.05.